The van der Waals surface area contributed by atoms with E-state index in [2.05, 4.69) is 4.90 Å². The summed E-state index contributed by atoms with van der Waals surface area (Å²) >= 11 is 0. The minimum atomic E-state index is -0.490. The quantitative estimate of drug-likeness (QED) is 0.810. The van der Waals surface area contributed by atoms with E-state index in [0.717, 1.165) is 5.69 Å². The zero-order chi connectivity index (χ0) is 15.6. The van der Waals surface area contributed by atoms with E-state index in [0.29, 0.717) is 31.9 Å². The number of nitrogens with zero attached hydrogens (tertiary/aromatic N) is 2. The molecule has 0 unspecified atom stereocenters. The van der Waals surface area contributed by atoms with E-state index >= 15 is 0 Å². The number of halogens is 1. The minimum absolute atomic E-state index is 0. The fourth-order valence-corrected chi connectivity index (χ4v) is 2.27. The Morgan fingerprint density at radius 3 is 2.32 bits per heavy atom. The van der Waals surface area contributed by atoms with Gasteiger partial charge in [-0.15, -0.1) is 0 Å². The Morgan fingerprint density at radius 2 is 1.82 bits per heavy atom. The lowest BCUT2D eigenvalue weighted by Crippen LogP contribution is -2.50. The van der Waals surface area contributed by atoms with Gasteiger partial charge in [-0.1, -0.05) is 7.43 Å². The standard InChI is InChI=1S/C15H22FN3O2.CH4/c1-15(2,3)21-14(20)19-8-6-18(7-9-19)13-5-4-11(16)10-12(13)17;/h4-5,10H,6-9,17H2,1-3H3;1H4. The molecule has 5 nitrogen and oxygen atoms in total. The number of hydrogen-bond acceptors (Lipinski definition) is 4. The van der Waals surface area contributed by atoms with E-state index in [9.17, 15) is 9.18 Å². The van der Waals surface area contributed by atoms with Gasteiger partial charge in [0.2, 0.25) is 0 Å². The van der Waals surface area contributed by atoms with Crippen LogP contribution in [-0.4, -0.2) is 42.8 Å². The summed E-state index contributed by atoms with van der Waals surface area (Å²) in [5.74, 6) is -0.344. The molecule has 1 heterocycles. The van der Waals surface area contributed by atoms with Crippen LogP contribution < -0.4 is 10.6 Å². The molecule has 1 saturated heterocycles. The highest BCUT2D eigenvalue weighted by Gasteiger charge is 2.26. The third-order valence-corrected chi connectivity index (χ3v) is 3.26. The lowest BCUT2D eigenvalue weighted by Gasteiger charge is -2.37. The Labute approximate surface area is 131 Å². The molecular formula is C16H26FN3O2. The molecule has 0 spiro atoms. The molecule has 124 valence electrons. The molecule has 2 rings (SSSR count). The van der Waals surface area contributed by atoms with Gasteiger partial charge in [0.15, 0.2) is 0 Å². The van der Waals surface area contributed by atoms with Gasteiger partial charge in [-0.05, 0) is 39.0 Å². The third kappa shape index (κ3) is 4.51. The summed E-state index contributed by atoms with van der Waals surface area (Å²) in [6, 6.07) is 4.38. The Hall–Kier alpha value is -1.98. The molecule has 1 aliphatic heterocycles. The van der Waals surface area contributed by atoms with Crippen molar-refractivity contribution in [1.82, 2.24) is 4.90 Å². The van der Waals surface area contributed by atoms with Crippen molar-refractivity contribution in [2.24, 2.45) is 0 Å². The topological polar surface area (TPSA) is 58.8 Å². The molecule has 0 bridgehead atoms. The van der Waals surface area contributed by atoms with Crippen molar-refractivity contribution >= 4 is 17.5 Å². The molecule has 1 aliphatic rings. The molecule has 1 aromatic rings. The lowest BCUT2D eigenvalue weighted by atomic mass is 10.2. The fraction of sp³-hybridized carbons (Fsp3) is 0.562. The molecule has 0 atom stereocenters. The second kappa shape index (κ2) is 6.85. The van der Waals surface area contributed by atoms with Crippen LogP contribution in [0.4, 0.5) is 20.6 Å². The average Bonchev–Trinajstić information content (AvgIpc) is 2.37. The number of carbonyl (C=O) groups excluding carboxylic acids is 1. The zero-order valence-corrected chi connectivity index (χ0v) is 12.7. The molecule has 1 aromatic carbocycles. The summed E-state index contributed by atoms with van der Waals surface area (Å²) in [7, 11) is 0. The Kier molecular flexibility index (Phi) is 5.63. The number of carbonyl (C=O) groups is 1. The van der Waals surface area contributed by atoms with Crippen LogP contribution in [0.5, 0.6) is 0 Å². The first-order valence-corrected chi connectivity index (χ1v) is 7.04. The van der Waals surface area contributed by atoms with E-state index in [1.165, 1.54) is 12.1 Å². The molecule has 0 aliphatic carbocycles. The first-order chi connectivity index (χ1) is 9.76. The first kappa shape index (κ1) is 18.1. The highest BCUT2D eigenvalue weighted by molar-refractivity contribution is 5.70. The minimum Gasteiger partial charge on any atom is -0.444 e. The van der Waals surface area contributed by atoms with Crippen molar-refractivity contribution in [1.29, 1.82) is 0 Å². The fourth-order valence-electron chi connectivity index (χ4n) is 2.27. The van der Waals surface area contributed by atoms with Crippen molar-refractivity contribution in [2.45, 2.75) is 33.8 Å². The van der Waals surface area contributed by atoms with Gasteiger partial charge in [0, 0.05) is 26.2 Å². The molecule has 1 fully saturated rings. The highest BCUT2D eigenvalue weighted by Crippen LogP contribution is 2.25. The van der Waals surface area contributed by atoms with Gasteiger partial charge in [0.05, 0.1) is 11.4 Å². The van der Waals surface area contributed by atoms with Gasteiger partial charge >= 0.3 is 6.09 Å². The smallest absolute Gasteiger partial charge is 0.410 e. The summed E-state index contributed by atoms with van der Waals surface area (Å²) < 4.78 is 18.4. The molecule has 0 saturated carbocycles. The van der Waals surface area contributed by atoms with E-state index in [4.69, 9.17) is 10.5 Å². The zero-order valence-electron chi connectivity index (χ0n) is 12.7. The SMILES string of the molecule is C.CC(C)(C)OC(=O)N1CCN(c2ccc(F)cc2N)CC1. The van der Waals surface area contributed by atoms with Crippen LogP contribution in [0.2, 0.25) is 0 Å². The van der Waals surface area contributed by atoms with E-state index in [1.54, 1.807) is 11.0 Å². The number of rotatable bonds is 1. The third-order valence-electron chi connectivity index (χ3n) is 3.26. The molecule has 2 N–H and O–H groups in total. The van der Waals surface area contributed by atoms with Crippen LogP contribution in [0.15, 0.2) is 18.2 Å². The molecule has 1 amide bonds. The van der Waals surface area contributed by atoms with Crippen LogP contribution >= 0.6 is 0 Å². The van der Waals surface area contributed by atoms with Gasteiger partial charge in [0.1, 0.15) is 11.4 Å². The first-order valence-electron chi connectivity index (χ1n) is 7.04. The summed E-state index contributed by atoms with van der Waals surface area (Å²) in [6.45, 7) is 7.96. The van der Waals surface area contributed by atoms with E-state index in [1.807, 2.05) is 20.8 Å². The number of ether oxygens (including phenoxy) is 1. The van der Waals surface area contributed by atoms with Crippen molar-refractivity contribution in [3.05, 3.63) is 24.0 Å². The van der Waals surface area contributed by atoms with E-state index < -0.39 is 5.60 Å². The van der Waals surface area contributed by atoms with Gasteiger partial charge in [-0.25, -0.2) is 9.18 Å². The van der Waals surface area contributed by atoms with Crippen molar-refractivity contribution in [3.63, 3.8) is 0 Å². The average molecular weight is 311 g/mol. The summed E-state index contributed by atoms with van der Waals surface area (Å²) in [4.78, 5) is 15.7. The number of piperazine rings is 1. The lowest BCUT2D eigenvalue weighted by molar-refractivity contribution is 0.0240. The monoisotopic (exact) mass is 311 g/mol. The Balaban J connectivity index is 0.00000242. The molecular weight excluding hydrogens is 285 g/mol. The Morgan fingerprint density at radius 1 is 1.23 bits per heavy atom. The van der Waals surface area contributed by atoms with Crippen LogP contribution in [-0.2, 0) is 4.74 Å². The largest absolute Gasteiger partial charge is 0.444 e. The molecule has 22 heavy (non-hydrogen) atoms. The van der Waals surface area contributed by atoms with Crippen LogP contribution in [0.25, 0.3) is 0 Å². The summed E-state index contributed by atoms with van der Waals surface area (Å²) in [6.07, 6.45) is -0.297. The second-order valence-corrected chi connectivity index (χ2v) is 6.16. The van der Waals surface area contributed by atoms with Crippen LogP contribution in [0.3, 0.4) is 0 Å². The normalized spacial score (nSPS) is 15.3. The number of nitrogens with two attached hydrogens (primary N) is 1. The van der Waals surface area contributed by atoms with Crippen molar-refractivity contribution < 1.29 is 13.9 Å². The maximum atomic E-state index is 13.1. The predicted octanol–water partition coefficient (Wildman–Crippen LogP) is 3.10. The second-order valence-electron chi connectivity index (χ2n) is 6.16. The van der Waals surface area contributed by atoms with Gasteiger partial charge in [0.25, 0.3) is 0 Å². The highest BCUT2D eigenvalue weighted by atomic mass is 19.1. The number of amides is 1. The summed E-state index contributed by atoms with van der Waals surface area (Å²) in [5, 5.41) is 0. The van der Waals surface area contributed by atoms with Crippen molar-refractivity contribution in [3.8, 4) is 0 Å². The maximum absolute atomic E-state index is 13.1. The van der Waals surface area contributed by atoms with Crippen LogP contribution in [0, 0.1) is 5.82 Å². The van der Waals surface area contributed by atoms with Gasteiger partial charge in [-0.3, -0.25) is 0 Å². The predicted molar refractivity (Wildman–Crippen MR) is 87.6 cm³/mol. The van der Waals surface area contributed by atoms with Gasteiger partial charge in [-0.2, -0.15) is 0 Å². The van der Waals surface area contributed by atoms with Crippen molar-refractivity contribution in [2.75, 3.05) is 36.8 Å². The number of nitrogen functional groups attached to an aromatic ring is 1. The van der Waals surface area contributed by atoms with Crippen LogP contribution in [0.1, 0.15) is 28.2 Å². The molecule has 0 radical (unpaired) electrons. The van der Waals surface area contributed by atoms with Gasteiger partial charge < -0.3 is 20.3 Å². The van der Waals surface area contributed by atoms with E-state index in [-0.39, 0.29) is 19.3 Å². The molecule has 6 heteroatoms. The number of anilines is 2. The summed E-state index contributed by atoms with van der Waals surface area (Å²) in [5.41, 5.74) is 6.58. The molecule has 0 aromatic heterocycles. The maximum Gasteiger partial charge on any atom is 0.410 e. The Bertz CT molecular complexity index is 521. The number of hydrogen-bond donors (Lipinski definition) is 1. The number of benzene rings is 1.